The molecule has 3 heterocycles. The predicted octanol–water partition coefficient (Wildman–Crippen LogP) is 3.30. The van der Waals surface area contributed by atoms with Crippen LogP contribution in [0.3, 0.4) is 0 Å². The van der Waals surface area contributed by atoms with E-state index in [1.165, 1.54) is 41.4 Å². The highest BCUT2D eigenvalue weighted by molar-refractivity contribution is 7.14. The fraction of sp³-hybridized carbons (Fsp3) is 0.435. The Labute approximate surface area is 191 Å². The number of thiazole rings is 1. The lowest BCUT2D eigenvalue weighted by Crippen LogP contribution is -2.50. The average molecular weight is 459 g/mol. The number of halogens is 1. The molecule has 0 radical (unpaired) electrons. The van der Waals surface area contributed by atoms with Crippen molar-refractivity contribution in [2.24, 2.45) is 0 Å². The van der Waals surface area contributed by atoms with Crippen molar-refractivity contribution in [2.75, 3.05) is 44.2 Å². The first-order valence-corrected chi connectivity index (χ1v) is 11.7. The second-order valence-corrected chi connectivity index (χ2v) is 8.79. The van der Waals surface area contributed by atoms with Crippen LogP contribution < -0.4 is 4.90 Å². The average Bonchev–Trinajstić information content (AvgIpc) is 3.46. The highest BCUT2D eigenvalue weighted by atomic mass is 32.1. The lowest BCUT2D eigenvalue weighted by atomic mass is 10.2. The number of hydrogen-bond donors (Lipinski definition) is 0. The molecule has 2 fully saturated rings. The van der Waals surface area contributed by atoms with Gasteiger partial charge in [-0.1, -0.05) is 12.1 Å². The van der Waals surface area contributed by atoms with E-state index in [2.05, 4.69) is 9.88 Å². The van der Waals surface area contributed by atoms with Gasteiger partial charge in [-0.3, -0.25) is 19.4 Å². The fourth-order valence-corrected chi connectivity index (χ4v) is 4.83. The zero-order valence-electron chi connectivity index (χ0n) is 18.1. The standard InChI is InChI=1S/C23H27FN4O3S/c1-17(29)28(21-7-3-2-6-20(21)24)23-25-18(16-32-23)8-9-22(30)27-12-10-26(11-13-27)15-19-5-4-14-31-19/h2-3,6-9,16,19H,4-5,10-15H2,1H3/b9-8+. The molecule has 1 unspecified atom stereocenters. The van der Waals surface area contributed by atoms with Gasteiger partial charge in [0.05, 0.1) is 17.5 Å². The highest BCUT2D eigenvalue weighted by Crippen LogP contribution is 2.31. The number of nitrogens with zero attached hydrogens (tertiary/aromatic N) is 4. The number of carbonyl (C=O) groups excluding carboxylic acids is 2. The number of amides is 2. The molecule has 4 rings (SSSR count). The second kappa shape index (κ2) is 10.3. The Bertz CT molecular complexity index is 981. The van der Waals surface area contributed by atoms with E-state index in [-0.39, 0.29) is 17.5 Å². The first-order chi connectivity index (χ1) is 15.5. The molecule has 7 nitrogen and oxygen atoms in total. The van der Waals surface area contributed by atoms with Crippen LogP contribution in [0.1, 0.15) is 25.5 Å². The largest absolute Gasteiger partial charge is 0.377 e. The number of para-hydroxylation sites is 1. The molecular formula is C23H27FN4O3S. The molecular weight excluding hydrogens is 431 g/mol. The maximum Gasteiger partial charge on any atom is 0.246 e. The molecule has 2 aliphatic rings. The van der Waals surface area contributed by atoms with E-state index in [0.29, 0.717) is 30.0 Å². The third-order valence-corrected chi connectivity index (χ3v) is 6.52. The monoisotopic (exact) mass is 458 g/mol. The normalized spacial score (nSPS) is 19.6. The fourth-order valence-electron chi connectivity index (χ4n) is 3.99. The van der Waals surface area contributed by atoms with Crippen molar-refractivity contribution >= 4 is 40.0 Å². The molecule has 170 valence electrons. The maximum atomic E-state index is 14.2. The maximum absolute atomic E-state index is 14.2. The Morgan fingerprint density at radius 3 is 2.75 bits per heavy atom. The van der Waals surface area contributed by atoms with Crippen LogP contribution in [-0.2, 0) is 14.3 Å². The van der Waals surface area contributed by atoms with Crippen molar-refractivity contribution in [3.8, 4) is 0 Å². The summed E-state index contributed by atoms with van der Waals surface area (Å²) >= 11 is 1.22. The van der Waals surface area contributed by atoms with E-state index < -0.39 is 5.82 Å². The van der Waals surface area contributed by atoms with Crippen LogP contribution in [0.4, 0.5) is 15.2 Å². The van der Waals surface area contributed by atoms with Crippen LogP contribution in [0.25, 0.3) is 6.08 Å². The number of benzene rings is 1. The van der Waals surface area contributed by atoms with Crippen LogP contribution in [-0.4, -0.2) is 72.0 Å². The first kappa shape index (κ1) is 22.6. The molecule has 32 heavy (non-hydrogen) atoms. The van der Waals surface area contributed by atoms with Gasteiger partial charge in [-0.2, -0.15) is 0 Å². The van der Waals surface area contributed by atoms with E-state index in [4.69, 9.17) is 4.74 Å². The molecule has 0 saturated carbocycles. The summed E-state index contributed by atoms with van der Waals surface area (Å²) in [6.45, 7) is 6.22. The van der Waals surface area contributed by atoms with E-state index in [1.807, 2.05) is 4.90 Å². The Balaban J connectivity index is 1.34. The molecule has 0 bridgehead atoms. The Hall–Kier alpha value is -2.62. The van der Waals surface area contributed by atoms with Gasteiger partial charge in [0, 0.05) is 57.7 Å². The number of anilines is 2. The highest BCUT2D eigenvalue weighted by Gasteiger charge is 2.24. The predicted molar refractivity (Wildman–Crippen MR) is 122 cm³/mol. The van der Waals surface area contributed by atoms with Gasteiger partial charge in [0.1, 0.15) is 5.82 Å². The molecule has 1 atom stereocenters. The van der Waals surface area contributed by atoms with Gasteiger partial charge in [0.15, 0.2) is 5.13 Å². The minimum Gasteiger partial charge on any atom is -0.377 e. The minimum atomic E-state index is -0.496. The summed E-state index contributed by atoms with van der Waals surface area (Å²) in [7, 11) is 0. The van der Waals surface area contributed by atoms with Crippen LogP contribution in [0, 0.1) is 5.82 Å². The van der Waals surface area contributed by atoms with Gasteiger partial charge < -0.3 is 9.64 Å². The van der Waals surface area contributed by atoms with Gasteiger partial charge in [-0.05, 0) is 31.1 Å². The SMILES string of the molecule is CC(=O)N(c1nc(/C=C/C(=O)N2CCN(CC3CCCO3)CC2)cs1)c1ccccc1F. The molecule has 0 aliphatic carbocycles. The third kappa shape index (κ3) is 5.40. The van der Waals surface area contributed by atoms with Crippen molar-refractivity contribution < 1.29 is 18.7 Å². The van der Waals surface area contributed by atoms with Crippen molar-refractivity contribution in [3.63, 3.8) is 0 Å². The van der Waals surface area contributed by atoms with Crippen LogP contribution in [0.5, 0.6) is 0 Å². The van der Waals surface area contributed by atoms with E-state index >= 15 is 0 Å². The van der Waals surface area contributed by atoms with Crippen LogP contribution >= 0.6 is 11.3 Å². The number of ether oxygens (including phenoxy) is 1. The second-order valence-electron chi connectivity index (χ2n) is 7.96. The lowest BCUT2D eigenvalue weighted by Gasteiger charge is -2.35. The van der Waals surface area contributed by atoms with Gasteiger partial charge in [-0.15, -0.1) is 11.3 Å². The van der Waals surface area contributed by atoms with Gasteiger partial charge >= 0.3 is 0 Å². The molecule has 2 aromatic rings. The topological polar surface area (TPSA) is 66.0 Å². The molecule has 1 aromatic carbocycles. The van der Waals surface area contributed by atoms with Crippen molar-refractivity contribution in [3.05, 3.63) is 47.2 Å². The van der Waals surface area contributed by atoms with Crippen LogP contribution in [0.15, 0.2) is 35.7 Å². The van der Waals surface area contributed by atoms with E-state index in [1.54, 1.807) is 23.6 Å². The molecule has 9 heteroatoms. The molecule has 0 N–H and O–H groups in total. The lowest BCUT2D eigenvalue weighted by molar-refractivity contribution is -0.127. The van der Waals surface area contributed by atoms with Crippen molar-refractivity contribution in [1.29, 1.82) is 0 Å². The summed E-state index contributed by atoms with van der Waals surface area (Å²) in [5.74, 6) is -0.894. The number of carbonyl (C=O) groups is 2. The Kier molecular flexibility index (Phi) is 7.29. The number of aromatic nitrogens is 1. The zero-order chi connectivity index (χ0) is 22.5. The molecule has 2 aliphatic heterocycles. The van der Waals surface area contributed by atoms with E-state index in [9.17, 15) is 14.0 Å². The first-order valence-electron chi connectivity index (χ1n) is 10.8. The summed E-state index contributed by atoms with van der Waals surface area (Å²) in [6.07, 6.45) is 5.73. The van der Waals surface area contributed by atoms with Crippen molar-refractivity contribution in [1.82, 2.24) is 14.8 Å². The van der Waals surface area contributed by atoms with Crippen molar-refractivity contribution in [2.45, 2.75) is 25.9 Å². The molecule has 0 spiro atoms. The smallest absolute Gasteiger partial charge is 0.246 e. The van der Waals surface area contributed by atoms with Gasteiger partial charge in [0.25, 0.3) is 0 Å². The number of hydrogen-bond acceptors (Lipinski definition) is 6. The summed E-state index contributed by atoms with van der Waals surface area (Å²) in [5, 5.41) is 2.10. The Morgan fingerprint density at radius 2 is 2.06 bits per heavy atom. The molecule has 1 aromatic heterocycles. The summed E-state index contributed by atoms with van der Waals surface area (Å²) in [5.41, 5.74) is 0.708. The summed E-state index contributed by atoms with van der Waals surface area (Å²) in [6, 6.07) is 6.08. The minimum absolute atomic E-state index is 0.0613. The van der Waals surface area contributed by atoms with Gasteiger partial charge in [-0.25, -0.2) is 9.37 Å². The summed E-state index contributed by atoms with van der Waals surface area (Å²) < 4.78 is 19.9. The number of rotatable bonds is 6. The molecule has 2 amide bonds. The zero-order valence-corrected chi connectivity index (χ0v) is 18.9. The number of piperazine rings is 1. The van der Waals surface area contributed by atoms with Gasteiger partial charge in [0.2, 0.25) is 11.8 Å². The quantitative estimate of drug-likeness (QED) is 0.622. The molecule has 2 saturated heterocycles. The Morgan fingerprint density at radius 1 is 1.28 bits per heavy atom. The van der Waals surface area contributed by atoms with E-state index in [0.717, 1.165) is 39.1 Å². The third-order valence-electron chi connectivity index (χ3n) is 5.68. The van der Waals surface area contributed by atoms with Crippen LogP contribution in [0.2, 0.25) is 0 Å². The summed E-state index contributed by atoms with van der Waals surface area (Å²) in [4.78, 5) is 34.6.